The molecule has 1 fully saturated rings. The quantitative estimate of drug-likeness (QED) is 0.765. The summed E-state index contributed by atoms with van der Waals surface area (Å²) in [7, 11) is 3.55. The van der Waals surface area contributed by atoms with Crippen LogP contribution < -0.4 is 5.73 Å². The van der Waals surface area contributed by atoms with Gasteiger partial charge < -0.3 is 10.5 Å². The van der Waals surface area contributed by atoms with Crippen molar-refractivity contribution in [1.29, 1.82) is 0 Å². The van der Waals surface area contributed by atoms with Crippen molar-refractivity contribution in [2.24, 2.45) is 7.05 Å². The van der Waals surface area contributed by atoms with Crippen LogP contribution in [0.4, 0.5) is 5.95 Å². The Morgan fingerprint density at radius 1 is 1.57 bits per heavy atom. The number of nitrogen functional groups attached to an aromatic ring is 1. The predicted octanol–water partition coefficient (Wildman–Crippen LogP) is 0.509. The molecule has 1 aliphatic rings. The van der Waals surface area contributed by atoms with Gasteiger partial charge in [0.2, 0.25) is 5.95 Å². The second kappa shape index (κ2) is 3.24. The second-order valence-corrected chi connectivity index (χ2v) is 3.93. The zero-order chi connectivity index (χ0) is 10.2. The van der Waals surface area contributed by atoms with Gasteiger partial charge in [0.15, 0.2) is 5.82 Å². The van der Waals surface area contributed by atoms with Crippen LogP contribution in [-0.2, 0) is 18.2 Å². The average Bonchev–Trinajstić information content (AvgIpc) is 2.39. The monoisotopic (exact) mass is 196 g/mol. The van der Waals surface area contributed by atoms with Crippen LogP contribution in [0.3, 0.4) is 0 Å². The van der Waals surface area contributed by atoms with Crippen LogP contribution in [0, 0.1) is 0 Å². The molecule has 78 valence electrons. The van der Waals surface area contributed by atoms with E-state index in [0.717, 1.165) is 25.1 Å². The Morgan fingerprint density at radius 3 is 2.64 bits per heavy atom. The highest BCUT2D eigenvalue weighted by atomic mass is 16.5. The molecule has 0 radical (unpaired) electrons. The number of hydrogen-bond acceptors (Lipinski definition) is 4. The van der Waals surface area contributed by atoms with E-state index in [4.69, 9.17) is 10.5 Å². The van der Waals surface area contributed by atoms with Crippen LogP contribution >= 0.6 is 0 Å². The molecule has 1 heterocycles. The maximum atomic E-state index is 5.61. The number of ether oxygens (including phenoxy) is 1. The first-order valence-corrected chi connectivity index (χ1v) is 4.86. The lowest BCUT2D eigenvalue weighted by atomic mass is 9.77. The van der Waals surface area contributed by atoms with Gasteiger partial charge in [-0.3, -0.25) is 0 Å². The smallest absolute Gasteiger partial charge is 0.218 e. The Morgan fingerprint density at radius 2 is 2.29 bits per heavy atom. The van der Waals surface area contributed by atoms with Crippen molar-refractivity contribution in [3.8, 4) is 0 Å². The number of nitrogens with two attached hydrogens (primary N) is 1. The Balaban J connectivity index is 2.09. The minimum Gasteiger partial charge on any atom is -0.378 e. The number of nitrogens with zero attached hydrogens (tertiary/aromatic N) is 3. The van der Waals surface area contributed by atoms with Gasteiger partial charge in [-0.05, 0) is 19.3 Å². The van der Waals surface area contributed by atoms with Crippen molar-refractivity contribution < 1.29 is 4.74 Å². The van der Waals surface area contributed by atoms with Gasteiger partial charge >= 0.3 is 0 Å². The Kier molecular flexibility index (Phi) is 2.19. The highest BCUT2D eigenvalue weighted by Crippen LogP contribution is 2.37. The lowest BCUT2D eigenvalue weighted by Crippen LogP contribution is -2.41. The molecule has 2 N–H and O–H groups in total. The van der Waals surface area contributed by atoms with Gasteiger partial charge in [-0.25, -0.2) is 4.68 Å². The Hall–Kier alpha value is -1.10. The summed E-state index contributed by atoms with van der Waals surface area (Å²) in [6, 6.07) is 0. The third kappa shape index (κ3) is 1.48. The van der Waals surface area contributed by atoms with Crippen LogP contribution in [0.15, 0.2) is 0 Å². The van der Waals surface area contributed by atoms with E-state index in [1.54, 1.807) is 18.8 Å². The van der Waals surface area contributed by atoms with Gasteiger partial charge in [-0.1, -0.05) is 0 Å². The largest absolute Gasteiger partial charge is 0.378 e. The fraction of sp³-hybridized carbons (Fsp3) is 0.778. The SMILES string of the molecule is COC1(Cc2nc(N)n(C)n2)CCC1. The summed E-state index contributed by atoms with van der Waals surface area (Å²) >= 11 is 0. The van der Waals surface area contributed by atoms with Gasteiger partial charge in [0, 0.05) is 20.6 Å². The molecule has 1 saturated carbocycles. The molecule has 0 bridgehead atoms. The molecule has 0 aliphatic heterocycles. The number of anilines is 1. The van der Waals surface area contributed by atoms with E-state index >= 15 is 0 Å². The molecular weight excluding hydrogens is 180 g/mol. The van der Waals surface area contributed by atoms with Crippen LogP contribution in [0.25, 0.3) is 0 Å². The van der Waals surface area contributed by atoms with Gasteiger partial charge in [0.25, 0.3) is 0 Å². The number of hydrogen-bond donors (Lipinski definition) is 1. The van der Waals surface area contributed by atoms with E-state index in [0.29, 0.717) is 5.95 Å². The number of methoxy groups -OCH3 is 1. The number of aromatic nitrogens is 3. The Bertz CT molecular complexity index is 305. The summed E-state index contributed by atoms with van der Waals surface area (Å²) in [6.45, 7) is 0. The minimum atomic E-state index is -0.0200. The lowest BCUT2D eigenvalue weighted by Gasteiger charge is -2.39. The molecule has 0 atom stereocenters. The number of aryl methyl sites for hydroxylation is 1. The molecule has 0 saturated heterocycles. The molecule has 5 heteroatoms. The molecule has 0 unspecified atom stereocenters. The summed E-state index contributed by atoms with van der Waals surface area (Å²) in [5.41, 5.74) is 5.59. The summed E-state index contributed by atoms with van der Waals surface area (Å²) in [6.07, 6.45) is 4.20. The fourth-order valence-electron chi connectivity index (χ4n) is 1.84. The van der Waals surface area contributed by atoms with E-state index in [9.17, 15) is 0 Å². The zero-order valence-corrected chi connectivity index (χ0v) is 8.66. The standard InChI is InChI=1S/C9H16N4O/c1-13-8(10)11-7(12-13)6-9(14-2)4-3-5-9/h3-6H2,1-2H3,(H2,10,11,12). The highest BCUT2D eigenvalue weighted by molar-refractivity contribution is 5.16. The van der Waals surface area contributed by atoms with E-state index in [1.807, 2.05) is 0 Å². The van der Waals surface area contributed by atoms with Crippen LogP contribution in [0.1, 0.15) is 25.1 Å². The molecule has 0 aromatic carbocycles. The van der Waals surface area contributed by atoms with Gasteiger partial charge in [0.05, 0.1) is 5.60 Å². The molecule has 0 spiro atoms. The van der Waals surface area contributed by atoms with E-state index in [1.165, 1.54) is 6.42 Å². The maximum absolute atomic E-state index is 5.61. The minimum absolute atomic E-state index is 0.0200. The molecule has 5 nitrogen and oxygen atoms in total. The maximum Gasteiger partial charge on any atom is 0.218 e. The third-order valence-corrected chi connectivity index (χ3v) is 3.02. The fourth-order valence-corrected chi connectivity index (χ4v) is 1.84. The first-order valence-electron chi connectivity index (χ1n) is 4.86. The molecule has 1 aromatic rings. The van der Waals surface area contributed by atoms with Crippen LogP contribution in [0.5, 0.6) is 0 Å². The predicted molar refractivity (Wildman–Crippen MR) is 52.7 cm³/mol. The van der Waals surface area contributed by atoms with Gasteiger partial charge in [0.1, 0.15) is 0 Å². The zero-order valence-electron chi connectivity index (χ0n) is 8.66. The first kappa shape index (κ1) is 9.45. The van der Waals surface area contributed by atoms with Crippen molar-refractivity contribution in [3.05, 3.63) is 5.82 Å². The van der Waals surface area contributed by atoms with Crippen LogP contribution in [0.2, 0.25) is 0 Å². The molecule has 1 aliphatic carbocycles. The Labute approximate surface area is 83.3 Å². The summed E-state index contributed by atoms with van der Waals surface area (Å²) < 4.78 is 7.09. The summed E-state index contributed by atoms with van der Waals surface area (Å²) in [5, 5.41) is 4.23. The number of rotatable bonds is 3. The molecule has 14 heavy (non-hydrogen) atoms. The summed E-state index contributed by atoms with van der Waals surface area (Å²) in [5.74, 6) is 1.25. The van der Waals surface area contributed by atoms with Crippen molar-refractivity contribution in [2.75, 3.05) is 12.8 Å². The highest BCUT2D eigenvalue weighted by Gasteiger charge is 2.38. The second-order valence-electron chi connectivity index (χ2n) is 3.93. The molecule has 1 aromatic heterocycles. The van der Waals surface area contributed by atoms with E-state index in [-0.39, 0.29) is 5.60 Å². The van der Waals surface area contributed by atoms with Crippen LogP contribution in [-0.4, -0.2) is 27.5 Å². The van der Waals surface area contributed by atoms with Gasteiger partial charge in [-0.15, -0.1) is 0 Å². The summed E-state index contributed by atoms with van der Waals surface area (Å²) in [4.78, 5) is 4.17. The normalized spacial score (nSPS) is 19.3. The van der Waals surface area contributed by atoms with E-state index in [2.05, 4.69) is 10.1 Å². The topological polar surface area (TPSA) is 66.0 Å². The molecular formula is C9H16N4O. The van der Waals surface area contributed by atoms with Crippen molar-refractivity contribution in [1.82, 2.24) is 14.8 Å². The third-order valence-electron chi connectivity index (χ3n) is 3.02. The average molecular weight is 196 g/mol. The molecule has 2 rings (SSSR count). The molecule has 0 amide bonds. The van der Waals surface area contributed by atoms with Crippen molar-refractivity contribution in [3.63, 3.8) is 0 Å². The van der Waals surface area contributed by atoms with Gasteiger partial charge in [-0.2, -0.15) is 10.1 Å². The van der Waals surface area contributed by atoms with Crippen molar-refractivity contribution >= 4 is 5.95 Å². The lowest BCUT2D eigenvalue weighted by molar-refractivity contribution is -0.0721. The van der Waals surface area contributed by atoms with E-state index < -0.39 is 0 Å². The van der Waals surface area contributed by atoms with Crippen molar-refractivity contribution in [2.45, 2.75) is 31.3 Å². The first-order chi connectivity index (χ1) is 6.65.